The molecule has 0 aliphatic carbocycles. The third kappa shape index (κ3) is 4.16. The average molecular weight is 361 g/mol. The number of amides is 1. The maximum atomic E-state index is 12.4. The molecule has 120 valence electrons. The Morgan fingerprint density at radius 2 is 2.14 bits per heavy atom. The molecule has 2 aromatic rings. The summed E-state index contributed by atoms with van der Waals surface area (Å²) < 4.78 is 0. The van der Waals surface area contributed by atoms with Gasteiger partial charge in [-0.1, -0.05) is 6.07 Å². The Kier molecular flexibility index (Phi) is 7.22. The van der Waals surface area contributed by atoms with Crippen LogP contribution in [0.3, 0.4) is 0 Å². The van der Waals surface area contributed by atoms with Crippen molar-refractivity contribution in [3.63, 3.8) is 0 Å². The predicted molar refractivity (Wildman–Crippen MR) is 93.0 cm³/mol. The second-order valence-corrected chi connectivity index (χ2v) is 5.93. The third-order valence-electron chi connectivity index (χ3n) is 3.35. The Morgan fingerprint density at radius 3 is 2.82 bits per heavy atom. The van der Waals surface area contributed by atoms with Crippen molar-refractivity contribution in [2.24, 2.45) is 5.73 Å². The molecule has 0 radical (unpaired) electrons. The smallest absolute Gasteiger partial charge is 0.265 e. The van der Waals surface area contributed by atoms with E-state index in [1.54, 1.807) is 12.4 Å². The van der Waals surface area contributed by atoms with Gasteiger partial charge in [0.05, 0.1) is 11.9 Å². The summed E-state index contributed by atoms with van der Waals surface area (Å²) in [7, 11) is 0. The Hall–Kier alpha value is -1.21. The molecule has 0 bridgehead atoms. The highest BCUT2D eigenvalue weighted by Gasteiger charge is 2.24. The number of halogens is 2. The first-order valence-electron chi connectivity index (χ1n) is 6.66. The zero-order chi connectivity index (χ0) is 13.9. The number of likely N-dealkylation sites (tertiary alicyclic amines) is 1. The summed E-state index contributed by atoms with van der Waals surface area (Å²) in [6, 6.07) is 5.76. The van der Waals surface area contributed by atoms with Crippen LogP contribution in [0.5, 0.6) is 0 Å². The van der Waals surface area contributed by atoms with Crippen molar-refractivity contribution in [1.82, 2.24) is 14.9 Å². The molecule has 1 amide bonds. The van der Waals surface area contributed by atoms with Gasteiger partial charge in [-0.15, -0.1) is 36.2 Å². The number of nitrogens with two attached hydrogens (primary N) is 1. The van der Waals surface area contributed by atoms with Crippen LogP contribution in [-0.2, 0) is 0 Å². The number of thiazole rings is 1. The van der Waals surface area contributed by atoms with Crippen LogP contribution >= 0.6 is 36.2 Å². The first-order chi connectivity index (χ1) is 9.74. The minimum Gasteiger partial charge on any atom is -0.336 e. The Bertz CT molecular complexity index is 608. The van der Waals surface area contributed by atoms with E-state index in [-0.39, 0.29) is 36.8 Å². The van der Waals surface area contributed by atoms with Gasteiger partial charge in [-0.25, -0.2) is 4.98 Å². The van der Waals surface area contributed by atoms with Crippen molar-refractivity contribution in [3.8, 4) is 10.7 Å². The molecule has 8 heteroatoms. The summed E-state index contributed by atoms with van der Waals surface area (Å²) in [6.45, 7) is 1.42. The van der Waals surface area contributed by atoms with E-state index >= 15 is 0 Å². The summed E-state index contributed by atoms with van der Waals surface area (Å²) in [5.74, 6) is 0.0276. The number of carbonyl (C=O) groups excluding carboxylic acids is 1. The molecule has 0 spiro atoms. The molecular weight excluding hydrogens is 343 g/mol. The van der Waals surface area contributed by atoms with E-state index in [9.17, 15) is 4.79 Å². The number of piperidine rings is 1. The zero-order valence-electron chi connectivity index (χ0n) is 11.8. The Balaban J connectivity index is 0.00000121. The molecule has 22 heavy (non-hydrogen) atoms. The fourth-order valence-corrected chi connectivity index (χ4v) is 3.19. The van der Waals surface area contributed by atoms with Gasteiger partial charge in [0, 0.05) is 25.3 Å². The molecule has 1 fully saturated rings. The molecule has 0 saturated carbocycles. The quantitative estimate of drug-likeness (QED) is 0.893. The van der Waals surface area contributed by atoms with Crippen LogP contribution in [0.25, 0.3) is 10.7 Å². The third-order valence-corrected chi connectivity index (χ3v) is 4.35. The van der Waals surface area contributed by atoms with Gasteiger partial charge in [-0.05, 0) is 25.0 Å². The van der Waals surface area contributed by atoms with E-state index in [2.05, 4.69) is 9.97 Å². The first kappa shape index (κ1) is 18.8. The molecule has 1 aliphatic rings. The molecule has 1 atom stereocenters. The monoisotopic (exact) mass is 360 g/mol. The molecule has 1 unspecified atom stereocenters. The second kappa shape index (κ2) is 8.43. The fraction of sp³-hybridized carbons (Fsp3) is 0.357. The maximum absolute atomic E-state index is 12.4. The van der Waals surface area contributed by atoms with Crippen LogP contribution in [-0.4, -0.2) is 39.9 Å². The molecule has 2 N–H and O–H groups in total. The van der Waals surface area contributed by atoms with Crippen LogP contribution in [0.4, 0.5) is 0 Å². The number of hydrogen-bond donors (Lipinski definition) is 1. The molecule has 1 saturated heterocycles. The van der Waals surface area contributed by atoms with Crippen LogP contribution in [0, 0.1) is 0 Å². The van der Waals surface area contributed by atoms with E-state index in [0.717, 1.165) is 30.1 Å². The van der Waals surface area contributed by atoms with E-state index in [4.69, 9.17) is 5.73 Å². The summed E-state index contributed by atoms with van der Waals surface area (Å²) in [5.41, 5.74) is 6.72. The Labute approximate surface area is 145 Å². The van der Waals surface area contributed by atoms with Crippen LogP contribution in [0.2, 0.25) is 0 Å². The van der Waals surface area contributed by atoms with Crippen molar-refractivity contribution in [2.45, 2.75) is 18.9 Å². The molecular formula is C14H18Cl2N4OS. The highest BCUT2D eigenvalue weighted by Crippen LogP contribution is 2.24. The van der Waals surface area contributed by atoms with Crippen LogP contribution < -0.4 is 5.73 Å². The minimum absolute atomic E-state index is 0. The SMILES string of the molecule is Cl.Cl.NC1CCCN(C(=O)c2cnc(-c3ccccn3)s2)C1. The largest absolute Gasteiger partial charge is 0.336 e. The van der Waals surface area contributed by atoms with Crippen LogP contribution in [0.15, 0.2) is 30.6 Å². The van der Waals surface area contributed by atoms with Crippen molar-refractivity contribution < 1.29 is 4.79 Å². The standard InChI is InChI=1S/C14H16N4OS.2ClH/c15-10-4-3-7-18(9-10)14(19)12-8-17-13(20-12)11-5-1-2-6-16-11;;/h1-2,5-6,8,10H,3-4,7,9,15H2;2*1H. The lowest BCUT2D eigenvalue weighted by atomic mass is 10.1. The summed E-state index contributed by atoms with van der Waals surface area (Å²) >= 11 is 1.38. The highest BCUT2D eigenvalue weighted by molar-refractivity contribution is 7.16. The van der Waals surface area contributed by atoms with Gasteiger partial charge in [0.1, 0.15) is 9.88 Å². The lowest BCUT2D eigenvalue weighted by Crippen LogP contribution is -2.45. The van der Waals surface area contributed by atoms with Gasteiger partial charge in [-0.3, -0.25) is 9.78 Å². The van der Waals surface area contributed by atoms with Crippen molar-refractivity contribution in [3.05, 3.63) is 35.5 Å². The molecule has 1 aliphatic heterocycles. The van der Waals surface area contributed by atoms with Gasteiger partial charge in [0.15, 0.2) is 0 Å². The summed E-state index contributed by atoms with van der Waals surface area (Å²) in [4.78, 5) is 23.4. The fourth-order valence-electron chi connectivity index (χ4n) is 2.33. The van der Waals surface area contributed by atoms with E-state index < -0.39 is 0 Å². The molecule has 2 aromatic heterocycles. The average Bonchev–Trinajstić information content (AvgIpc) is 2.97. The van der Waals surface area contributed by atoms with Gasteiger partial charge in [-0.2, -0.15) is 0 Å². The molecule has 5 nitrogen and oxygen atoms in total. The Morgan fingerprint density at radius 1 is 1.32 bits per heavy atom. The number of aromatic nitrogens is 2. The van der Waals surface area contributed by atoms with Crippen molar-refractivity contribution in [2.75, 3.05) is 13.1 Å². The second-order valence-electron chi connectivity index (χ2n) is 4.90. The topological polar surface area (TPSA) is 72.1 Å². The maximum Gasteiger partial charge on any atom is 0.265 e. The van der Waals surface area contributed by atoms with Crippen LogP contribution in [0.1, 0.15) is 22.5 Å². The number of pyridine rings is 1. The number of nitrogens with zero attached hydrogens (tertiary/aromatic N) is 3. The van der Waals surface area contributed by atoms with Gasteiger partial charge in [0.2, 0.25) is 0 Å². The summed E-state index contributed by atoms with van der Waals surface area (Å²) in [5, 5.41) is 0.773. The number of hydrogen-bond acceptors (Lipinski definition) is 5. The predicted octanol–water partition coefficient (Wildman–Crippen LogP) is 2.61. The number of carbonyl (C=O) groups is 1. The zero-order valence-corrected chi connectivity index (χ0v) is 14.3. The lowest BCUT2D eigenvalue weighted by Gasteiger charge is -2.30. The first-order valence-corrected chi connectivity index (χ1v) is 7.48. The minimum atomic E-state index is 0. The van der Waals surface area contributed by atoms with E-state index in [1.807, 2.05) is 23.1 Å². The van der Waals surface area contributed by atoms with E-state index in [0.29, 0.717) is 11.4 Å². The van der Waals surface area contributed by atoms with Crippen molar-refractivity contribution >= 4 is 42.1 Å². The van der Waals surface area contributed by atoms with E-state index in [1.165, 1.54) is 11.3 Å². The molecule has 3 heterocycles. The molecule has 0 aromatic carbocycles. The normalized spacial score (nSPS) is 17.3. The lowest BCUT2D eigenvalue weighted by molar-refractivity contribution is 0.0713. The van der Waals surface area contributed by atoms with Crippen molar-refractivity contribution in [1.29, 1.82) is 0 Å². The summed E-state index contributed by atoms with van der Waals surface area (Å²) in [6.07, 6.45) is 5.32. The van der Waals surface area contributed by atoms with Gasteiger partial charge >= 0.3 is 0 Å². The van der Waals surface area contributed by atoms with Gasteiger partial charge in [0.25, 0.3) is 5.91 Å². The highest BCUT2D eigenvalue weighted by atomic mass is 35.5. The number of rotatable bonds is 2. The molecule has 3 rings (SSSR count). The van der Waals surface area contributed by atoms with Gasteiger partial charge < -0.3 is 10.6 Å².